The molecule has 0 aromatic carbocycles. The minimum absolute atomic E-state index is 0.0477. The molecule has 1 aromatic heterocycles. The Bertz CT molecular complexity index is 464. The predicted octanol–water partition coefficient (Wildman–Crippen LogP) is 2.67. The van der Waals surface area contributed by atoms with Gasteiger partial charge in [0.15, 0.2) is 0 Å². The van der Waals surface area contributed by atoms with Crippen molar-refractivity contribution in [2.24, 2.45) is 11.7 Å². The molecule has 20 heavy (non-hydrogen) atoms. The number of anilines is 1. The molecule has 2 aliphatic carbocycles. The summed E-state index contributed by atoms with van der Waals surface area (Å²) in [5.41, 5.74) is 8.73. The Hall–Kier alpha value is -1.16. The third-order valence-electron chi connectivity index (χ3n) is 5.13. The quantitative estimate of drug-likeness (QED) is 0.889. The van der Waals surface area contributed by atoms with Gasteiger partial charge in [-0.1, -0.05) is 6.92 Å². The first-order valence-corrected chi connectivity index (χ1v) is 8.03. The lowest BCUT2D eigenvalue weighted by Crippen LogP contribution is -2.48. The highest BCUT2D eigenvalue weighted by atomic mass is 15.1. The zero-order valence-electron chi connectivity index (χ0n) is 12.5. The molecule has 0 saturated heterocycles. The summed E-state index contributed by atoms with van der Waals surface area (Å²) >= 11 is 0. The van der Waals surface area contributed by atoms with Crippen LogP contribution in [0.2, 0.25) is 0 Å². The summed E-state index contributed by atoms with van der Waals surface area (Å²) in [5, 5.41) is 3.72. The number of rotatable bonds is 3. The average molecular weight is 274 g/mol. The first-order chi connectivity index (χ1) is 9.72. The molecule has 2 aliphatic rings. The number of hydrogen-bond acceptors (Lipinski definition) is 4. The van der Waals surface area contributed by atoms with Crippen LogP contribution in [0.3, 0.4) is 0 Å². The van der Waals surface area contributed by atoms with Crippen LogP contribution >= 0.6 is 0 Å². The molecule has 0 amide bonds. The van der Waals surface area contributed by atoms with Crippen molar-refractivity contribution in [2.75, 3.05) is 11.9 Å². The van der Waals surface area contributed by atoms with Gasteiger partial charge < -0.3 is 11.1 Å². The molecule has 3 N–H and O–H groups in total. The summed E-state index contributed by atoms with van der Waals surface area (Å²) in [6.45, 7) is 3.03. The molecular formula is C16H26N4. The fraction of sp³-hybridized carbons (Fsp3) is 0.750. The molecule has 0 bridgehead atoms. The minimum Gasteiger partial charge on any atom is -0.363 e. The van der Waals surface area contributed by atoms with E-state index < -0.39 is 0 Å². The zero-order chi connectivity index (χ0) is 14.0. The van der Waals surface area contributed by atoms with E-state index >= 15 is 0 Å². The van der Waals surface area contributed by atoms with E-state index in [1.807, 2.05) is 0 Å². The number of nitrogens with one attached hydrogen (secondary N) is 1. The lowest BCUT2D eigenvalue weighted by atomic mass is 9.77. The van der Waals surface area contributed by atoms with Crippen molar-refractivity contribution in [3.8, 4) is 0 Å². The molecule has 1 aromatic rings. The second-order valence-electron chi connectivity index (χ2n) is 6.65. The Morgan fingerprint density at radius 2 is 2.00 bits per heavy atom. The number of hydrogen-bond donors (Lipinski definition) is 2. The Morgan fingerprint density at radius 3 is 2.75 bits per heavy atom. The van der Waals surface area contributed by atoms with E-state index in [2.05, 4.69) is 22.2 Å². The highest BCUT2D eigenvalue weighted by Crippen LogP contribution is 2.35. The fourth-order valence-electron chi connectivity index (χ4n) is 3.57. The number of nitrogens with zero attached hydrogens (tertiary/aromatic N) is 2. The van der Waals surface area contributed by atoms with E-state index in [-0.39, 0.29) is 5.54 Å². The highest BCUT2D eigenvalue weighted by molar-refractivity contribution is 5.49. The lowest BCUT2D eigenvalue weighted by molar-refractivity contribution is 0.271. The minimum atomic E-state index is 0.0477. The number of aryl methyl sites for hydroxylation is 1. The van der Waals surface area contributed by atoms with Crippen molar-refractivity contribution in [3.05, 3.63) is 17.6 Å². The number of nitrogens with two attached hydrogens (primary N) is 1. The van der Waals surface area contributed by atoms with Crippen molar-refractivity contribution in [1.29, 1.82) is 0 Å². The largest absolute Gasteiger partial charge is 0.363 e. The summed E-state index contributed by atoms with van der Waals surface area (Å²) in [7, 11) is 0. The molecular weight excluding hydrogens is 248 g/mol. The summed E-state index contributed by atoms with van der Waals surface area (Å²) in [5.74, 6) is 1.88. The van der Waals surface area contributed by atoms with Gasteiger partial charge in [-0.2, -0.15) is 0 Å². The third-order valence-corrected chi connectivity index (χ3v) is 5.13. The van der Waals surface area contributed by atoms with E-state index in [0.717, 1.165) is 37.4 Å². The normalized spacial score (nSPS) is 29.8. The smallest absolute Gasteiger partial charge is 0.133 e. The maximum Gasteiger partial charge on any atom is 0.133 e. The van der Waals surface area contributed by atoms with E-state index in [4.69, 9.17) is 5.73 Å². The van der Waals surface area contributed by atoms with Crippen molar-refractivity contribution < 1.29 is 0 Å². The van der Waals surface area contributed by atoms with Crippen molar-refractivity contribution in [3.63, 3.8) is 0 Å². The summed E-state index contributed by atoms with van der Waals surface area (Å²) in [6, 6.07) is 0. The average Bonchev–Trinajstić information content (AvgIpc) is 2.50. The van der Waals surface area contributed by atoms with Gasteiger partial charge in [-0.25, -0.2) is 9.97 Å². The monoisotopic (exact) mass is 274 g/mol. The topological polar surface area (TPSA) is 63.8 Å². The second kappa shape index (κ2) is 5.68. The Balaban J connectivity index is 1.83. The Kier molecular flexibility index (Phi) is 3.92. The van der Waals surface area contributed by atoms with Gasteiger partial charge in [-0.3, -0.25) is 0 Å². The lowest BCUT2D eigenvalue weighted by Gasteiger charge is -2.40. The molecule has 4 nitrogen and oxygen atoms in total. The molecule has 0 unspecified atom stereocenters. The van der Waals surface area contributed by atoms with Crippen LogP contribution in [0.4, 0.5) is 5.82 Å². The van der Waals surface area contributed by atoms with Crippen LogP contribution in [-0.2, 0) is 12.8 Å². The van der Waals surface area contributed by atoms with E-state index in [0.29, 0.717) is 6.54 Å². The van der Waals surface area contributed by atoms with Crippen LogP contribution in [0.5, 0.6) is 0 Å². The fourth-order valence-corrected chi connectivity index (χ4v) is 3.57. The molecule has 4 heteroatoms. The molecule has 0 radical (unpaired) electrons. The van der Waals surface area contributed by atoms with Gasteiger partial charge in [0.2, 0.25) is 0 Å². The number of aromatic nitrogens is 2. The van der Waals surface area contributed by atoms with Crippen LogP contribution in [0.15, 0.2) is 6.33 Å². The molecule has 110 valence electrons. The predicted molar refractivity (Wildman–Crippen MR) is 81.7 cm³/mol. The summed E-state index contributed by atoms with van der Waals surface area (Å²) < 4.78 is 0. The van der Waals surface area contributed by atoms with Gasteiger partial charge in [0.05, 0.1) is 5.54 Å². The first-order valence-electron chi connectivity index (χ1n) is 8.03. The molecule has 0 spiro atoms. The molecule has 1 fully saturated rings. The Labute approximate surface area is 121 Å². The van der Waals surface area contributed by atoms with Crippen molar-refractivity contribution >= 4 is 5.82 Å². The summed E-state index contributed by atoms with van der Waals surface area (Å²) in [6.07, 6.45) is 11.3. The molecule has 0 atom stereocenters. The molecule has 0 aliphatic heterocycles. The van der Waals surface area contributed by atoms with Gasteiger partial charge >= 0.3 is 0 Å². The summed E-state index contributed by atoms with van der Waals surface area (Å²) in [4.78, 5) is 8.97. The van der Waals surface area contributed by atoms with Crippen molar-refractivity contribution in [1.82, 2.24) is 9.97 Å². The van der Waals surface area contributed by atoms with E-state index in [1.165, 1.54) is 36.9 Å². The Morgan fingerprint density at radius 1 is 1.25 bits per heavy atom. The van der Waals surface area contributed by atoms with Gasteiger partial charge in [0.25, 0.3) is 0 Å². The molecule has 1 heterocycles. The maximum absolute atomic E-state index is 6.10. The van der Waals surface area contributed by atoms with Crippen molar-refractivity contribution in [2.45, 2.75) is 63.8 Å². The molecule has 1 saturated carbocycles. The van der Waals surface area contributed by atoms with Gasteiger partial charge in [-0.05, 0) is 57.3 Å². The third kappa shape index (κ3) is 2.66. The van der Waals surface area contributed by atoms with Gasteiger partial charge in [0, 0.05) is 17.8 Å². The second-order valence-corrected chi connectivity index (χ2v) is 6.65. The van der Waals surface area contributed by atoms with Gasteiger partial charge in [0.1, 0.15) is 12.1 Å². The zero-order valence-corrected chi connectivity index (χ0v) is 12.5. The number of fused-ring (bicyclic) bond motifs is 1. The van der Waals surface area contributed by atoms with Crippen LogP contribution in [0.25, 0.3) is 0 Å². The van der Waals surface area contributed by atoms with Crippen LogP contribution in [-0.4, -0.2) is 22.1 Å². The van der Waals surface area contributed by atoms with Gasteiger partial charge in [-0.15, -0.1) is 0 Å². The van der Waals surface area contributed by atoms with Crippen LogP contribution in [0.1, 0.15) is 56.7 Å². The van der Waals surface area contributed by atoms with E-state index in [1.54, 1.807) is 6.33 Å². The van der Waals surface area contributed by atoms with E-state index in [9.17, 15) is 0 Å². The standard InChI is InChI=1S/C16H26N4/c1-12-6-8-16(10-17,9-7-12)20-15-13-4-2-3-5-14(13)18-11-19-15/h11-12H,2-10,17H2,1H3,(H,18,19,20). The van der Waals surface area contributed by atoms with Crippen LogP contribution in [0, 0.1) is 5.92 Å². The maximum atomic E-state index is 6.10. The van der Waals surface area contributed by atoms with Crippen LogP contribution < -0.4 is 11.1 Å². The SMILES string of the molecule is CC1CCC(CN)(Nc2ncnc3c2CCCC3)CC1. The molecule has 3 rings (SSSR count). The first kappa shape index (κ1) is 13.8. The highest BCUT2D eigenvalue weighted by Gasteiger charge is 2.34.